The topological polar surface area (TPSA) is 42.2 Å². The lowest BCUT2D eigenvalue weighted by molar-refractivity contribution is 0.0999. The van der Waals surface area contributed by atoms with E-state index in [1.807, 2.05) is 66.7 Å². The van der Waals surface area contributed by atoms with Crippen molar-refractivity contribution >= 4 is 33.3 Å². The Morgan fingerprint density at radius 2 is 1.55 bits per heavy atom. The summed E-state index contributed by atoms with van der Waals surface area (Å²) in [6.07, 6.45) is 0. The summed E-state index contributed by atoms with van der Waals surface area (Å²) < 4.78 is 5.60. The molecule has 1 heterocycles. The van der Waals surface area contributed by atoms with Gasteiger partial charge in [-0.2, -0.15) is 0 Å². The number of hydrogen-bond donors (Lipinski definition) is 1. The minimum absolute atomic E-state index is 0.243. The van der Waals surface area contributed by atoms with E-state index in [1.54, 1.807) is 6.07 Å². The van der Waals surface area contributed by atoms with Gasteiger partial charge in [-0.15, -0.1) is 0 Å². The van der Waals surface area contributed by atoms with Crippen LogP contribution in [0.1, 0.15) is 10.6 Å². The molecule has 0 bridgehead atoms. The quantitative estimate of drug-likeness (QED) is 0.573. The predicted molar refractivity (Wildman–Crippen MR) is 88.1 cm³/mol. The molecule has 0 radical (unpaired) electrons. The van der Waals surface area contributed by atoms with Gasteiger partial charge in [0.25, 0.3) is 5.91 Å². The number of furan rings is 1. The lowest BCUT2D eigenvalue weighted by atomic mass is 10.1. The summed E-state index contributed by atoms with van der Waals surface area (Å²) in [5.41, 5.74) is 1.49. The molecule has 0 aliphatic carbocycles. The molecule has 0 aliphatic heterocycles. The van der Waals surface area contributed by atoms with Crippen molar-refractivity contribution in [2.75, 3.05) is 5.32 Å². The van der Waals surface area contributed by atoms with E-state index >= 15 is 0 Å². The van der Waals surface area contributed by atoms with Crippen LogP contribution in [0.4, 0.5) is 5.69 Å². The molecule has 0 saturated carbocycles. The smallest absolute Gasteiger partial charge is 0.291 e. The van der Waals surface area contributed by atoms with Crippen LogP contribution < -0.4 is 5.32 Å². The zero-order chi connectivity index (χ0) is 14.9. The number of fused-ring (bicyclic) bond motifs is 2. The van der Waals surface area contributed by atoms with Crippen LogP contribution in [0.2, 0.25) is 0 Å². The largest absolute Gasteiger partial charge is 0.451 e. The first-order valence-corrected chi connectivity index (χ1v) is 7.09. The number of nitrogens with one attached hydrogen (secondary N) is 1. The third kappa shape index (κ3) is 2.13. The molecular formula is C19H13NO2. The van der Waals surface area contributed by atoms with E-state index < -0.39 is 0 Å². The van der Waals surface area contributed by atoms with Gasteiger partial charge in [-0.05, 0) is 23.6 Å². The van der Waals surface area contributed by atoms with Crippen LogP contribution in [0, 0.1) is 0 Å². The summed E-state index contributed by atoms with van der Waals surface area (Å²) in [6.45, 7) is 0. The molecule has 0 fully saturated rings. The number of hydrogen-bond acceptors (Lipinski definition) is 2. The highest BCUT2D eigenvalue weighted by Gasteiger charge is 2.13. The number of benzene rings is 3. The Morgan fingerprint density at radius 1 is 0.818 bits per heavy atom. The number of para-hydroxylation sites is 1. The molecule has 3 nitrogen and oxygen atoms in total. The molecule has 1 amide bonds. The fourth-order valence-corrected chi connectivity index (χ4v) is 2.61. The summed E-state index contributed by atoms with van der Waals surface area (Å²) in [6, 6.07) is 23.1. The van der Waals surface area contributed by atoms with Gasteiger partial charge >= 0.3 is 0 Å². The molecule has 4 rings (SSSR count). The molecule has 4 aromatic rings. The summed E-state index contributed by atoms with van der Waals surface area (Å²) in [7, 11) is 0. The molecule has 0 atom stereocenters. The zero-order valence-electron chi connectivity index (χ0n) is 11.7. The molecule has 3 aromatic carbocycles. The van der Waals surface area contributed by atoms with Gasteiger partial charge in [-0.25, -0.2) is 0 Å². The first-order chi connectivity index (χ1) is 10.8. The van der Waals surface area contributed by atoms with E-state index in [1.165, 1.54) is 0 Å². The molecule has 0 saturated heterocycles. The Bertz CT molecular complexity index is 946. The average Bonchev–Trinajstić information content (AvgIpc) is 2.99. The van der Waals surface area contributed by atoms with E-state index in [9.17, 15) is 4.79 Å². The van der Waals surface area contributed by atoms with Crippen molar-refractivity contribution in [1.82, 2.24) is 0 Å². The maximum Gasteiger partial charge on any atom is 0.291 e. The zero-order valence-corrected chi connectivity index (χ0v) is 11.7. The molecule has 3 heteroatoms. The fraction of sp³-hybridized carbons (Fsp3) is 0. The Balaban J connectivity index is 1.71. The SMILES string of the molecule is O=C(Nc1cccc2ccccc12)c1cc2ccccc2o1. The Labute approximate surface area is 127 Å². The first-order valence-electron chi connectivity index (χ1n) is 7.09. The highest BCUT2D eigenvalue weighted by atomic mass is 16.3. The van der Waals surface area contributed by atoms with Crippen molar-refractivity contribution < 1.29 is 9.21 Å². The average molecular weight is 287 g/mol. The van der Waals surface area contributed by atoms with Crippen LogP contribution in [0.25, 0.3) is 21.7 Å². The number of anilines is 1. The predicted octanol–water partition coefficient (Wildman–Crippen LogP) is 4.84. The summed E-state index contributed by atoms with van der Waals surface area (Å²) in [5.74, 6) is 0.0710. The minimum atomic E-state index is -0.243. The van der Waals surface area contributed by atoms with Gasteiger partial charge in [0.1, 0.15) is 5.58 Å². The summed E-state index contributed by atoms with van der Waals surface area (Å²) >= 11 is 0. The Morgan fingerprint density at radius 3 is 2.41 bits per heavy atom. The lowest BCUT2D eigenvalue weighted by Crippen LogP contribution is -2.11. The summed E-state index contributed by atoms with van der Waals surface area (Å²) in [5, 5.41) is 5.95. The molecule has 1 N–H and O–H groups in total. The van der Waals surface area contributed by atoms with E-state index in [4.69, 9.17) is 4.42 Å². The van der Waals surface area contributed by atoms with E-state index in [2.05, 4.69) is 5.32 Å². The van der Waals surface area contributed by atoms with Gasteiger partial charge in [-0.3, -0.25) is 4.79 Å². The van der Waals surface area contributed by atoms with Gasteiger partial charge in [0, 0.05) is 16.5 Å². The van der Waals surface area contributed by atoms with Crippen LogP contribution in [0.15, 0.2) is 77.2 Å². The molecule has 22 heavy (non-hydrogen) atoms. The second-order valence-corrected chi connectivity index (χ2v) is 5.13. The normalized spacial score (nSPS) is 10.9. The van der Waals surface area contributed by atoms with Crippen molar-refractivity contribution in [2.24, 2.45) is 0 Å². The van der Waals surface area contributed by atoms with Gasteiger partial charge < -0.3 is 9.73 Å². The van der Waals surface area contributed by atoms with Gasteiger partial charge in [0.05, 0.1) is 0 Å². The second-order valence-electron chi connectivity index (χ2n) is 5.13. The number of carbonyl (C=O) groups is 1. The highest BCUT2D eigenvalue weighted by Crippen LogP contribution is 2.25. The molecular weight excluding hydrogens is 274 g/mol. The van der Waals surface area contributed by atoms with Crippen LogP contribution in [-0.2, 0) is 0 Å². The highest BCUT2D eigenvalue weighted by molar-refractivity contribution is 6.09. The van der Waals surface area contributed by atoms with Crippen molar-refractivity contribution in [3.05, 3.63) is 78.6 Å². The van der Waals surface area contributed by atoms with Crippen molar-refractivity contribution in [3.8, 4) is 0 Å². The third-order valence-electron chi connectivity index (χ3n) is 3.69. The molecule has 0 spiro atoms. The summed E-state index contributed by atoms with van der Waals surface area (Å²) in [4.78, 5) is 12.4. The Kier molecular flexibility index (Phi) is 2.90. The van der Waals surface area contributed by atoms with E-state index in [0.29, 0.717) is 11.3 Å². The number of rotatable bonds is 2. The van der Waals surface area contributed by atoms with Gasteiger partial charge in [-0.1, -0.05) is 54.6 Å². The van der Waals surface area contributed by atoms with E-state index in [0.717, 1.165) is 21.8 Å². The molecule has 1 aromatic heterocycles. The maximum absolute atomic E-state index is 12.4. The lowest BCUT2D eigenvalue weighted by Gasteiger charge is -2.07. The van der Waals surface area contributed by atoms with Gasteiger partial charge in [0.2, 0.25) is 0 Å². The first kappa shape index (κ1) is 12.7. The van der Waals surface area contributed by atoms with Crippen molar-refractivity contribution in [2.45, 2.75) is 0 Å². The standard InChI is InChI=1S/C19H13NO2/c21-19(18-12-14-7-2-4-11-17(14)22-18)20-16-10-5-8-13-6-1-3-9-15(13)16/h1-12H,(H,20,21). The minimum Gasteiger partial charge on any atom is -0.451 e. The maximum atomic E-state index is 12.4. The van der Waals surface area contributed by atoms with Crippen molar-refractivity contribution in [3.63, 3.8) is 0 Å². The van der Waals surface area contributed by atoms with E-state index in [-0.39, 0.29) is 5.91 Å². The van der Waals surface area contributed by atoms with Crippen molar-refractivity contribution in [1.29, 1.82) is 0 Å². The number of amides is 1. The third-order valence-corrected chi connectivity index (χ3v) is 3.69. The fourth-order valence-electron chi connectivity index (χ4n) is 2.61. The Hall–Kier alpha value is -3.07. The second kappa shape index (κ2) is 5.04. The molecule has 106 valence electrons. The van der Waals surface area contributed by atoms with Crippen LogP contribution in [-0.4, -0.2) is 5.91 Å². The van der Waals surface area contributed by atoms with Crippen LogP contribution in [0.5, 0.6) is 0 Å². The molecule has 0 aliphatic rings. The number of carbonyl (C=O) groups excluding carboxylic acids is 1. The molecule has 0 unspecified atom stereocenters. The monoisotopic (exact) mass is 287 g/mol. The van der Waals surface area contributed by atoms with Crippen LogP contribution in [0.3, 0.4) is 0 Å². The van der Waals surface area contributed by atoms with Gasteiger partial charge in [0.15, 0.2) is 5.76 Å². The van der Waals surface area contributed by atoms with Crippen LogP contribution >= 0.6 is 0 Å².